The number of benzene rings is 1. The van der Waals surface area contributed by atoms with Crippen molar-refractivity contribution in [3.63, 3.8) is 0 Å². The van der Waals surface area contributed by atoms with Crippen LogP contribution < -0.4 is 4.74 Å². The second kappa shape index (κ2) is 4.72. The average molecular weight is 258 g/mol. The highest BCUT2D eigenvalue weighted by atomic mass is 35.5. The van der Waals surface area contributed by atoms with Gasteiger partial charge in [-0.3, -0.25) is 0 Å². The molecule has 0 fully saturated rings. The molecule has 4 nitrogen and oxygen atoms in total. The van der Waals surface area contributed by atoms with E-state index in [0.29, 0.717) is 22.3 Å². The van der Waals surface area contributed by atoms with Gasteiger partial charge in [-0.05, 0) is 18.2 Å². The smallest absolute Gasteiger partial charge is 0.144 e. The van der Waals surface area contributed by atoms with Crippen LogP contribution in [0.3, 0.4) is 0 Å². The molecule has 1 aromatic carbocycles. The van der Waals surface area contributed by atoms with Gasteiger partial charge in [0, 0.05) is 5.02 Å². The van der Waals surface area contributed by atoms with Crippen molar-refractivity contribution in [3.8, 4) is 11.4 Å². The van der Waals surface area contributed by atoms with Crippen LogP contribution in [0.15, 0.2) is 24.4 Å². The van der Waals surface area contributed by atoms with Crippen LogP contribution in [0.5, 0.6) is 5.75 Å². The summed E-state index contributed by atoms with van der Waals surface area (Å²) in [4.78, 5) is 0. The van der Waals surface area contributed by atoms with Gasteiger partial charge < -0.3 is 4.74 Å². The van der Waals surface area contributed by atoms with E-state index >= 15 is 0 Å². The number of hydrogen-bond acceptors (Lipinski definition) is 3. The Morgan fingerprint density at radius 3 is 2.88 bits per heavy atom. The Bertz CT molecular complexity index is 499. The molecule has 1 heterocycles. The molecule has 0 amide bonds. The van der Waals surface area contributed by atoms with Crippen LogP contribution >= 0.6 is 23.2 Å². The molecular weight excluding hydrogens is 249 g/mol. The SMILES string of the molecule is COc1ccc(Cl)cc1-n1cc(CCl)nn1. The molecule has 1 aromatic heterocycles. The Morgan fingerprint density at radius 1 is 1.44 bits per heavy atom. The molecule has 0 aliphatic carbocycles. The third kappa shape index (κ3) is 2.13. The fourth-order valence-corrected chi connectivity index (χ4v) is 1.61. The summed E-state index contributed by atoms with van der Waals surface area (Å²) in [5, 5.41) is 8.46. The second-order valence-corrected chi connectivity index (χ2v) is 3.81. The average Bonchev–Trinajstić information content (AvgIpc) is 2.77. The number of hydrogen-bond donors (Lipinski definition) is 0. The Hall–Kier alpha value is -1.26. The van der Waals surface area contributed by atoms with Crippen molar-refractivity contribution in [2.75, 3.05) is 7.11 Å². The van der Waals surface area contributed by atoms with Gasteiger partial charge in [0.25, 0.3) is 0 Å². The topological polar surface area (TPSA) is 39.9 Å². The first-order valence-corrected chi connectivity index (χ1v) is 5.47. The van der Waals surface area contributed by atoms with Gasteiger partial charge in [-0.2, -0.15) is 0 Å². The summed E-state index contributed by atoms with van der Waals surface area (Å²) in [6.07, 6.45) is 1.74. The predicted octanol–water partition coefficient (Wildman–Crippen LogP) is 2.67. The summed E-state index contributed by atoms with van der Waals surface area (Å²) in [5.74, 6) is 0.999. The summed E-state index contributed by atoms with van der Waals surface area (Å²) in [7, 11) is 1.59. The molecule has 0 aliphatic heterocycles. The van der Waals surface area contributed by atoms with E-state index in [2.05, 4.69) is 10.3 Å². The fourth-order valence-electron chi connectivity index (χ4n) is 1.32. The van der Waals surface area contributed by atoms with Gasteiger partial charge in [0.2, 0.25) is 0 Å². The first-order valence-electron chi connectivity index (χ1n) is 4.55. The normalized spacial score (nSPS) is 10.4. The summed E-state index contributed by atoms with van der Waals surface area (Å²) >= 11 is 11.6. The minimum Gasteiger partial charge on any atom is -0.494 e. The lowest BCUT2D eigenvalue weighted by molar-refractivity contribution is 0.411. The van der Waals surface area contributed by atoms with E-state index in [-0.39, 0.29) is 0 Å². The van der Waals surface area contributed by atoms with E-state index in [9.17, 15) is 0 Å². The Kier molecular flexibility index (Phi) is 3.31. The molecule has 0 atom stereocenters. The molecule has 6 heteroatoms. The number of aromatic nitrogens is 3. The van der Waals surface area contributed by atoms with Gasteiger partial charge in [-0.25, -0.2) is 4.68 Å². The van der Waals surface area contributed by atoms with Gasteiger partial charge in [0.1, 0.15) is 11.4 Å². The number of nitrogens with zero attached hydrogens (tertiary/aromatic N) is 3. The molecule has 2 aromatic rings. The Morgan fingerprint density at radius 2 is 2.25 bits per heavy atom. The molecule has 84 valence electrons. The number of rotatable bonds is 3. The van der Waals surface area contributed by atoms with Crippen molar-refractivity contribution in [1.29, 1.82) is 0 Å². The molecule has 0 spiro atoms. The highest BCUT2D eigenvalue weighted by molar-refractivity contribution is 6.30. The van der Waals surface area contributed by atoms with Gasteiger partial charge in [0.15, 0.2) is 0 Å². The maximum absolute atomic E-state index is 5.92. The first-order chi connectivity index (χ1) is 7.74. The van der Waals surface area contributed by atoms with E-state index in [1.165, 1.54) is 0 Å². The largest absolute Gasteiger partial charge is 0.494 e. The summed E-state index contributed by atoms with van der Waals surface area (Å²) < 4.78 is 6.80. The van der Waals surface area contributed by atoms with Crippen molar-refractivity contribution >= 4 is 23.2 Å². The van der Waals surface area contributed by atoms with Gasteiger partial charge >= 0.3 is 0 Å². The molecule has 0 bridgehead atoms. The van der Waals surface area contributed by atoms with Crippen molar-refractivity contribution < 1.29 is 4.74 Å². The maximum atomic E-state index is 5.92. The molecule has 2 rings (SSSR count). The molecule has 16 heavy (non-hydrogen) atoms. The number of ether oxygens (including phenoxy) is 1. The summed E-state index contributed by atoms with van der Waals surface area (Å²) in [5.41, 5.74) is 1.43. The zero-order valence-electron chi connectivity index (χ0n) is 8.52. The van der Waals surface area contributed by atoms with E-state index in [4.69, 9.17) is 27.9 Å². The van der Waals surface area contributed by atoms with Gasteiger partial charge in [0.05, 0.1) is 24.9 Å². The third-order valence-electron chi connectivity index (χ3n) is 2.07. The van der Waals surface area contributed by atoms with Crippen LogP contribution in [-0.4, -0.2) is 22.1 Å². The summed E-state index contributed by atoms with van der Waals surface area (Å²) in [6.45, 7) is 0. The van der Waals surface area contributed by atoms with E-state index in [1.807, 2.05) is 0 Å². The highest BCUT2D eigenvalue weighted by Crippen LogP contribution is 2.25. The minimum absolute atomic E-state index is 0.322. The van der Waals surface area contributed by atoms with Crippen molar-refractivity contribution in [2.45, 2.75) is 5.88 Å². The van der Waals surface area contributed by atoms with Crippen LogP contribution in [0.25, 0.3) is 5.69 Å². The van der Waals surface area contributed by atoms with E-state index in [1.54, 1.807) is 36.2 Å². The highest BCUT2D eigenvalue weighted by Gasteiger charge is 2.08. The molecule has 0 radical (unpaired) electrons. The van der Waals surface area contributed by atoms with Crippen LogP contribution in [0.4, 0.5) is 0 Å². The number of alkyl halides is 1. The van der Waals surface area contributed by atoms with Crippen LogP contribution in [0.1, 0.15) is 5.69 Å². The zero-order valence-corrected chi connectivity index (χ0v) is 10.0. The van der Waals surface area contributed by atoms with Gasteiger partial charge in [-0.1, -0.05) is 16.8 Å². The van der Waals surface area contributed by atoms with Crippen LogP contribution in [0.2, 0.25) is 5.02 Å². The van der Waals surface area contributed by atoms with Gasteiger partial charge in [-0.15, -0.1) is 16.7 Å². The van der Waals surface area contributed by atoms with Crippen molar-refractivity contribution in [1.82, 2.24) is 15.0 Å². The Balaban J connectivity index is 2.49. The first kappa shape index (κ1) is 11.2. The van der Waals surface area contributed by atoms with Crippen LogP contribution in [0, 0.1) is 0 Å². The second-order valence-electron chi connectivity index (χ2n) is 3.10. The van der Waals surface area contributed by atoms with Crippen LogP contribution in [-0.2, 0) is 5.88 Å². The standard InChI is InChI=1S/C10H9Cl2N3O/c1-16-10-3-2-7(12)4-9(10)15-6-8(5-11)13-14-15/h2-4,6H,5H2,1H3. The monoisotopic (exact) mass is 257 g/mol. The predicted molar refractivity (Wildman–Crippen MR) is 62.5 cm³/mol. The minimum atomic E-state index is 0.322. The summed E-state index contributed by atoms with van der Waals surface area (Å²) in [6, 6.07) is 5.29. The third-order valence-corrected chi connectivity index (χ3v) is 2.57. The van der Waals surface area contributed by atoms with Crippen molar-refractivity contribution in [2.24, 2.45) is 0 Å². The van der Waals surface area contributed by atoms with Crippen molar-refractivity contribution in [3.05, 3.63) is 35.1 Å². The quantitative estimate of drug-likeness (QED) is 0.794. The number of halogens is 2. The van der Waals surface area contributed by atoms with E-state index < -0.39 is 0 Å². The molecular formula is C10H9Cl2N3O. The number of methoxy groups -OCH3 is 1. The molecule has 0 saturated heterocycles. The lowest BCUT2D eigenvalue weighted by Gasteiger charge is -2.07. The molecule has 0 saturated carbocycles. The lowest BCUT2D eigenvalue weighted by Crippen LogP contribution is -1.98. The molecule has 0 unspecified atom stereocenters. The maximum Gasteiger partial charge on any atom is 0.144 e. The Labute approximate surface area is 103 Å². The fraction of sp³-hybridized carbons (Fsp3) is 0.200. The zero-order chi connectivity index (χ0) is 11.5. The molecule has 0 N–H and O–H groups in total. The lowest BCUT2D eigenvalue weighted by atomic mass is 10.3. The molecule has 0 aliphatic rings. The van der Waals surface area contributed by atoms with E-state index in [0.717, 1.165) is 5.69 Å².